The van der Waals surface area contributed by atoms with Crippen molar-refractivity contribution in [2.75, 3.05) is 19.8 Å². The molecule has 0 N–H and O–H groups in total. The van der Waals surface area contributed by atoms with Crippen molar-refractivity contribution < 1.29 is 23.8 Å². The lowest BCUT2D eigenvalue weighted by Crippen LogP contribution is -2.30. The van der Waals surface area contributed by atoms with Crippen LogP contribution in [0, 0.1) is 0 Å². The molecule has 0 aliphatic rings. The first kappa shape index (κ1) is 62.6. The maximum atomic E-state index is 12.8. The zero-order valence-corrected chi connectivity index (χ0v) is 43.2. The molecule has 0 aliphatic heterocycles. The van der Waals surface area contributed by atoms with E-state index in [1.54, 1.807) is 0 Å². The summed E-state index contributed by atoms with van der Waals surface area (Å²) >= 11 is 0. The molecule has 0 aromatic carbocycles. The third-order valence-electron chi connectivity index (χ3n) is 11.3. The van der Waals surface area contributed by atoms with Crippen LogP contribution in [0.1, 0.15) is 239 Å². The van der Waals surface area contributed by atoms with Gasteiger partial charge in [0.2, 0.25) is 0 Å². The van der Waals surface area contributed by atoms with Gasteiger partial charge in [-0.1, -0.05) is 226 Å². The summed E-state index contributed by atoms with van der Waals surface area (Å²) in [5.41, 5.74) is 0. The molecule has 0 heterocycles. The van der Waals surface area contributed by atoms with E-state index in [2.05, 4.69) is 124 Å². The first-order valence-electron chi connectivity index (χ1n) is 27.4. The molecule has 0 amide bonds. The molecule has 0 fully saturated rings. The van der Waals surface area contributed by atoms with Gasteiger partial charge in [0, 0.05) is 19.4 Å². The zero-order chi connectivity index (χ0) is 47.7. The molecule has 5 nitrogen and oxygen atoms in total. The third-order valence-corrected chi connectivity index (χ3v) is 11.3. The van der Waals surface area contributed by atoms with Gasteiger partial charge in [0.15, 0.2) is 6.10 Å². The quantitative estimate of drug-likeness (QED) is 0.0346. The SMILES string of the molecule is CC/C=C\C/C=C\C/C=C\C/C=C\C/C=C\C/C=C\CCC(=O)OCC(COCCCCCCCCCC/C=C\CCCCCCCC)OC(=O)CCCCCCC/C=C\C/C=C\CCC. The Morgan fingerprint density at radius 2 is 0.742 bits per heavy atom. The molecule has 376 valence electrons. The Morgan fingerprint density at radius 3 is 1.23 bits per heavy atom. The van der Waals surface area contributed by atoms with E-state index in [9.17, 15) is 9.59 Å². The maximum Gasteiger partial charge on any atom is 0.306 e. The van der Waals surface area contributed by atoms with Crippen LogP contribution in [0.15, 0.2) is 109 Å². The number of unbranched alkanes of at least 4 members (excludes halogenated alkanes) is 20. The van der Waals surface area contributed by atoms with E-state index in [4.69, 9.17) is 14.2 Å². The highest BCUT2D eigenvalue weighted by atomic mass is 16.6. The third kappa shape index (κ3) is 53.2. The average Bonchev–Trinajstić information content (AvgIpc) is 3.32. The molecule has 0 rings (SSSR count). The van der Waals surface area contributed by atoms with Gasteiger partial charge < -0.3 is 14.2 Å². The standard InChI is InChI=1S/C61H102O5/c1-4-7-10-13-16-19-22-25-27-29-31-32-34-37-39-42-45-48-51-54-60(62)65-58-59(66-61(63)55-52-49-46-43-40-36-24-21-18-15-12-9-6-3)57-64-56-53-50-47-44-41-38-35-33-30-28-26-23-20-17-14-11-8-5-2/h7,10,12,15-16,19,21,24-28,31-32,37,39,45,48,59H,4-6,8-9,11,13-14,17-18,20,22-23,29-30,33-36,38,40-44,46-47,49-58H2,1-3H3/b10-7-,15-12-,19-16-,24-21-,27-25-,28-26-,32-31-,39-37-,48-45-. The van der Waals surface area contributed by atoms with Crippen molar-refractivity contribution in [3.8, 4) is 0 Å². The zero-order valence-electron chi connectivity index (χ0n) is 43.2. The number of carbonyl (C=O) groups excluding carboxylic acids is 2. The average molecular weight is 915 g/mol. The number of carbonyl (C=O) groups is 2. The minimum absolute atomic E-state index is 0.0329. The highest BCUT2D eigenvalue weighted by Gasteiger charge is 2.17. The van der Waals surface area contributed by atoms with Crippen molar-refractivity contribution in [3.63, 3.8) is 0 Å². The topological polar surface area (TPSA) is 61.8 Å². The van der Waals surface area contributed by atoms with Gasteiger partial charge in [0.05, 0.1) is 6.61 Å². The van der Waals surface area contributed by atoms with E-state index in [0.717, 1.165) is 89.9 Å². The fourth-order valence-electron chi connectivity index (χ4n) is 7.22. The van der Waals surface area contributed by atoms with Crippen LogP contribution in [-0.2, 0) is 23.8 Å². The molecule has 0 radical (unpaired) electrons. The normalized spacial score (nSPS) is 13.1. The van der Waals surface area contributed by atoms with Crippen LogP contribution in [0.25, 0.3) is 0 Å². The predicted octanol–water partition coefficient (Wildman–Crippen LogP) is 18.8. The van der Waals surface area contributed by atoms with Crippen LogP contribution in [-0.4, -0.2) is 37.9 Å². The maximum absolute atomic E-state index is 12.8. The van der Waals surface area contributed by atoms with Crippen molar-refractivity contribution in [1.29, 1.82) is 0 Å². The van der Waals surface area contributed by atoms with E-state index in [1.807, 2.05) is 6.08 Å². The molecule has 0 bridgehead atoms. The molecular formula is C61H102O5. The largest absolute Gasteiger partial charge is 0.462 e. The molecule has 1 atom stereocenters. The summed E-state index contributed by atoms with van der Waals surface area (Å²) < 4.78 is 17.4. The Balaban J connectivity index is 4.40. The van der Waals surface area contributed by atoms with Crippen LogP contribution in [0.3, 0.4) is 0 Å². The monoisotopic (exact) mass is 915 g/mol. The van der Waals surface area contributed by atoms with Crippen molar-refractivity contribution in [2.45, 2.75) is 245 Å². The number of hydrogen-bond donors (Lipinski definition) is 0. The van der Waals surface area contributed by atoms with Crippen molar-refractivity contribution in [3.05, 3.63) is 109 Å². The van der Waals surface area contributed by atoms with Crippen molar-refractivity contribution >= 4 is 11.9 Å². The van der Waals surface area contributed by atoms with Crippen LogP contribution >= 0.6 is 0 Å². The molecule has 0 aliphatic carbocycles. The summed E-state index contributed by atoms with van der Waals surface area (Å²) in [6.07, 6.45) is 76.9. The smallest absolute Gasteiger partial charge is 0.306 e. The lowest BCUT2D eigenvalue weighted by molar-refractivity contribution is -0.162. The summed E-state index contributed by atoms with van der Waals surface area (Å²) in [6.45, 7) is 7.55. The Hall–Kier alpha value is -3.44. The first-order chi connectivity index (χ1) is 32.6. The van der Waals surface area contributed by atoms with E-state index >= 15 is 0 Å². The van der Waals surface area contributed by atoms with Crippen LogP contribution in [0.2, 0.25) is 0 Å². The molecule has 66 heavy (non-hydrogen) atoms. The lowest BCUT2D eigenvalue weighted by Gasteiger charge is -2.18. The van der Waals surface area contributed by atoms with Gasteiger partial charge in [-0.15, -0.1) is 0 Å². The number of allylic oxidation sites excluding steroid dienone is 18. The molecule has 5 heteroatoms. The summed E-state index contributed by atoms with van der Waals surface area (Å²) in [6, 6.07) is 0. The molecular weight excluding hydrogens is 813 g/mol. The Morgan fingerprint density at radius 1 is 0.348 bits per heavy atom. The first-order valence-corrected chi connectivity index (χ1v) is 27.4. The van der Waals surface area contributed by atoms with Gasteiger partial charge in [-0.25, -0.2) is 0 Å². The predicted molar refractivity (Wildman–Crippen MR) is 288 cm³/mol. The van der Waals surface area contributed by atoms with Crippen molar-refractivity contribution in [1.82, 2.24) is 0 Å². The summed E-state index contributed by atoms with van der Waals surface area (Å²) in [5, 5.41) is 0. The van der Waals surface area contributed by atoms with Crippen LogP contribution in [0.5, 0.6) is 0 Å². The Labute approximate surface area is 408 Å². The minimum atomic E-state index is -0.582. The minimum Gasteiger partial charge on any atom is -0.462 e. The Bertz CT molecular complexity index is 1310. The van der Waals surface area contributed by atoms with Crippen LogP contribution < -0.4 is 0 Å². The number of hydrogen-bond acceptors (Lipinski definition) is 5. The molecule has 0 aromatic rings. The van der Waals surface area contributed by atoms with Gasteiger partial charge in [-0.3, -0.25) is 9.59 Å². The second-order valence-electron chi connectivity index (χ2n) is 17.7. The fourth-order valence-corrected chi connectivity index (χ4v) is 7.22. The molecule has 1 unspecified atom stereocenters. The number of rotatable bonds is 49. The van der Waals surface area contributed by atoms with Gasteiger partial charge >= 0.3 is 11.9 Å². The molecule has 0 saturated carbocycles. The van der Waals surface area contributed by atoms with Gasteiger partial charge in [0.25, 0.3) is 0 Å². The van der Waals surface area contributed by atoms with E-state index in [1.165, 1.54) is 109 Å². The summed E-state index contributed by atoms with van der Waals surface area (Å²) in [7, 11) is 0. The Kier molecular flexibility index (Phi) is 53.0. The molecule has 0 saturated heterocycles. The highest BCUT2D eigenvalue weighted by molar-refractivity contribution is 5.70. The van der Waals surface area contributed by atoms with E-state index in [-0.39, 0.29) is 25.2 Å². The second-order valence-corrected chi connectivity index (χ2v) is 17.7. The van der Waals surface area contributed by atoms with Gasteiger partial charge in [-0.05, 0) is 109 Å². The van der Waals surface area contributed by atoms with Crippen LogP contribution in [0.4, 0.5) is 0 Å². The van der Waals surface area contributed by atoms with Gasteiger partial charge in [0.1, 0.15) is 6.61 Å². The lowest BCUT2D eigenvalue weighted by atomic mass is 10.1. The van der Waals surface area contributed by atoms with E-state index < -0.39 is 6.10 Å². The van der Waals surface area contributed by atoms with E-state index in [0.29, 0.717) is 25.9 Å². The highest BCUT2D eigenvalue weighted by Crippen LogP contribution is 2.13. The van der Waals surface area contributed by atoms with Gasteiger partial charge in [-0.2, -0.15) is 0 Å². The molecule has 0 aromatic heterocycles. The summed E-state index contributed by atoms with van der Waals surface area (Å²) in [5.74, 6) is -0.515. The van der Waals surface area contributed by atoms with Crippen molar-refractivity contribution in [2.24, 2.45) is 0 Å². The number of ether oxygens (including phenoxy) is 3. The second kappa shape index (κ2) is 55.9. The fraction of sp³-hybridized carbons (Fsp3) is 0.672. The molecule has 0 spiro atoms. The summed E-state index contributed by atoms with van der Waals surface area (Å²) in [4.78, 5) is 25.4. The number of esters is 2.